The number of hydrogen-bond acceptors (Lipinski definition) is 4. The molecule has 0 aliphatic heterocycles. The Hall–Kier alpha value is -1.45. The van der Waals surface area contributed by atoms with Crippen molar-refractivity contribution in [3.8, 4) is 0 Å². The fourth-order valence-corrected chi connectivity index (χ4v) is 0.479. The van der Waals surface area contributed by atoms with E-state index in [1.807, 2.05) is 13.0 Å². The first-order chi connectivity index (χ1) is 4.79. The Labute approximate surface area is 59.4 Å². The molecule has 0 spiro atoms. The average molecular weight is 138 g/mol. The van der Waals surface area contributed by atoms with Crippen LogP contribution in [0.3, 0.4) is 0 Å². The first-order valence-electron chi connectivity index (χ1n) is 2.72. The summed E-state index contributed by atoms with van der Waals surface area (Å²) in [5, 5.41) is 0. The summed E-state index contributed by atoms with van der Waals surface area (Å²) in [6.07, 6.45) is 1.75. The van der Waals surface area contributed by atoms with Gasteiger partial charge >= 0.3 is 0 Å². The van der Waals surface area contributed by atoms with Crippen molar-refractivity contribution in [2.75, 3.05) is 5.73 Å². The molecule has 54 valence electrons. The first kappa shape index (κ1) is 8.55. The molecular weight excluding hydrogens is 128 g/mol. The average Bonchev–Trinajstić information content (AvgIpc) is 2.00. The van der Waals surface area contributed by atoms with E-state index >= 15 is 0 Å². The van der Waals surface area contributed by atoms with Crippen LogP contribution in [0.4, 0.5) is 5.82 Å². The van der Waals surface area contributed by atoms with Crippen molar-refractivity contribution in [1.82, 2.24) is 4.98 Å². The molecule has 1 aromatic rings. The number of nitrogens with two attached hydrogens (primary N) is 1. The molecule has 0 saturated carbocycles. The van der Waals surface area contributed by atoms with Gasteiger partial charge in [-0.25, -0.2) is 16.0 Å². The van der Waals surface area contributed by atoms with Gasteiger partial charge in [0.25, 0.3) is 0 Å². The van der Waals surface area contributed by atoms with Gasteiger partial charge in [0.1, 0.15) is 5.82 Å². The lowest BCUT2D eigenvalue weighted by Gasteiger charge is -1.89. The van der Waals surface area contributed by atoms with Crippen molar-refractivity contribution in [1.29, 1.82) is 11.1 Å². The van der Waals surface area contributed by atoms with Crippen LogP contribution in [0, 0.1) is 18.0 Å². The van der Waals surface area contributed by atoms with Crippen molar-refractivity contribution in [3.05, 3.63) is 23.9 Å². The molecule has 4 N–H and O–H groups in total. The SMILES string of the molecule is Cc1ccc(N)nc1.N=N. The van der Waals surface area contributed by atoms with Gasteiger partial charge in [0.2, 0.25) is 0 Å². The van der Waals surface area contributed by atoms with Gasteiger partial charge in [0.15, 0.2) is 0 Å². The third-order valence-corrected chi connectivity index (χ3v) is 0.934. The van der Waals surface area contributed by atoms with E-state index in [1.54, 1.807) is 12.3 Å². The van der Waals surface area contributed by atoms with Crippen molar-refractivity contribution in [2.24, 2.45) is 0 Å². The topological polar surface area (TPSA) is 86.6 Å². The van der Waals surface area contributed by atoms with Crippen LogP contribution in [-0.2, 0) is 0 Å². The summed E-state index contributed by atoms with van der Waals surface area (Å²) in [6.45, 7) is 1.98. The number of nitrogens with zero attached hydrogens (tertiary/aromatic N) is 1. The van der Waals surface area contributed by atoms with E-state index in [4.69, 9.17) is 16.8 Å². The van der Waals surface area contributed by atoms with E-state index in [2.05, 4.69) is 4.98 Å². The monoisotopic (exact) mass is 138 g/mol. The lowest BCUT2D eigenvalue weighted by Crippen LogP contribution is -1.87. The predicted molar refractivity (Wildman–Crippen MR) is 38.8 cm³/mol. The van der Waals surface area contributed by atoms with Crippen LogP contribution in [0.5, 0.6) is 0 Å². The molecule has 0 unspecified atom stereocenters. The van der Waals surface area contributed by atoms with E-state index in [9.17, 15) is 0 Å². The molecule has 0 aliphatic carbocycles. The van der Waals surface area contributed by atoms with Gasteiger partial charge in [-0.3, -0.25) is 0 Å². The smallest absolute Gasteiger partial charge is 0.123 e. The highest BCUT2D eigenvalue weighted by atomic mass is 14.8. The molecule has 0 saturated heterocycles. The second kappa shape index (κ2) is 4.43. The van der Waals surface area contributed by atoms with Crippen LogP contribution in [0.25, 0.3) is 0 Å². The highest BCUT2D eigenvalue weighted by Crippen LogP contribution is 1.97. The molecule has 0 amide bonds. The normalized spacial score (nSPS) is 7.70. The van der Waals surface area contributed by atoms with Crippen molar-refractivity contribution >= 4 is 5.82 Å². The third kappa shape index (κ3) is 2.76. The van der Waals surface area contributed by atoms with E-state index in [0.717, 1.165) is 5.56 Å². The molecule has 1 heterocycles. The molecule has 0 fully saturated rings. The summed E-state index contributed by atoms with van der Waals surface area (Å²) in [4.78, 5) is 3.86. The summed E-state index contributed by atoms with van der Waals surface area (Å²) in [6, 6.07) is 3.72. The van der Waals surface area contributed by atoms with Crippen molar-refractivity contribution in [2.45, 2.75) is 6.92 Å². The van der Waals surface area contributed by atoms with E-state index in [-0.39, 0.29) is 0 Å². The van der Waals surface area contributed by atoms with Gasteiger partial charge in [-0.05, 0) is 18.6 Å². The number of pyridine rings is 1. The lowest BCUT2D eigenvalue weighted by atomic mass is 10.3. The molecule has 4 heteroatoms. The van der Waals surface area contributed by atoms with Crippen LogP contribution in [-0.4, -0.2) is 4.98 Å². The molecule has 1 rings (SSSR count). The molecule has 0 aromatic carbocycles. The molecule has 0 radical (unpaired) electrons. The van der Waals surface area contributed by atoms with Gasteiger partial charge in [0.05, 0.1) is 0 Å². The van der Waals surface area contributed by atoms with E-state index in [0.29, 0.717) is 5.82 Å². The second-order valence-corrected chi connectivity index (χ2v) is 1.76. The third-order valence-electron chi connectivity index (χ3n) is 0.934. The summed E-state index contributed by atoms with van der Waals surface area (Å²) in [5.41, 5.74) is 16.5. The summed E-state index contributed by atoms with van der Waals surface area (Å²) in [5.74, 6) is 0.579. The van der Waals surface area contributed by atoms with Crippen LogP contribution in [0.2, 0.25) is 0 Å². The number of nitrogen functional groups attached to an aromatic ring is 1. The Morgan fingerprint density at radius 2 is 2.00 bits per heavy atom. The van der Waals surface area contributed by atoms with Crippen molar-refractivity contribution < 1.29 is 0 Å². The number of aryl methyl sites for hydroxylation is 1. The Morgan fingerprint density at radius 3 is 2.30 bits per heavy atom. The number of nitrogens with one attached hydrogen (secondary N) is 2. The Morgan fingerprint density at radius 1 is 1.40 bits per heavy atom. The van der Waals surface area contributed by atoms with Gasteiger partial charge in [-0.2, -0.15) is 0 Å². The maximum absolute atomic E-state index is 5.32. The molecule has 0 atom stereocenters. The zero-order chi connectivity index (χ0) is 7.98. The van der Waals surface area contributed by atoms with E-state index < -0.39 is 0 Å². The Kier molecular flexibility index (Phi) is 3.79. The molecule has 1 aromatic heterocycles. The first-order valence-corrected chi connectivity index (χ1v) is 2.72. The fourth-order valence-electron chi connectivity index (χ4n) is 0.479. The van der Waals surface area contributed by atoms with Gasteiger partial charge in [0, 0.05) is 6.20 Å². The van der Waals surface area contributed by atoms with Crippen LogP contribution >= 0.6 is 0 Å². The molecular formula is C6H10N4. The zero-order valence-electron chi connectivity index (χ0n) is 5.76. The minimum atomic E-state index is 0.579. The Bertz CT molecular complexity index is 160. The fraction of sp³-hybridized carbons (Fsp3) is 0.167. The van der Waals surface area contributed by atoms with Gasteiger partial charge in [-0.1, -0.05) is 6.07 Å². The number of hydrogen-bond donors (Lipinski definition) is 3. The highest BCUT2D eigenvalue weighted by molar-refractivity contribution is 5.28. The highest BCUT2D eigenvalue weighted by Gasteiger charge is 1.81. The molecule has 4 nitrogen and oxygen atoms in total. The number of rotatable bonds is 0. The van der Waals surface area contributed by atoms with E-state index in [1.165, 1.54) is 0 Å². The van der Waals surface area contributed by atoms with Crippen LogP contribution < -0.4 is 5.73 Å². The quantitative estimate of drug-likeness (QED) is 0.475. The van der Waals surface area contributed by atoms with Gasteiger partial charge in [-0.15, -0.1) is 0 Å². The summed E-state index contributed by atoms with van der Waals surface area (Å²) in [7, 11) is 0. The largest absolute Gasteiger partial charge is 0.384 e. The maximum Gasteiger partial charge on any atom is 0.123 e. The standard InChI is InChI=1S/C6H8N2.H2N2/c1-5-2-3-6(7)8-4-5;1-2/h2-4H,1H3,(H2,7,8);1-2H. The summed E-state index contributed by atoms with van der Waals surface area (Å²) < 4.78 is 0. The van der Waals surface area contributed by atoms with Gasteiger partial charge < -0.3 is 5.73 Å². The predicted octanol–water partition coefficient (Wildman–Crippen LogP) is 1.57. The number of aromatic nitrogens is 1. The Balaban J connectivity index is 0.000000371. The molecule has 10 heavy (non-hydrogen) atoms. The molecule has 0 aliphatic rings. The van der Waals surface area contributed by atoms with Crippen LogP contribution in [0.15, 0.2) is 18.3 Å². The summed E-state index contributed by atoms with van der Waals surface area (Å²) >= 11 is 0. The van der Waals surface area contributed by atoms with Crippen LogP contribution in [0.1, 0.15) is 5.56 Å². The minimum absolute atomic E-state index is 0.579. The zero-order valence-corrected chi connectivity index (χ0v) is 5.76. The maximum atomic E-state index is 5.32. The number of anilines is 1. The van der Waals surface area contributed by atoms with Crippen molar-refractivity contribution in [3.63, 3.8) is 0 Å². The second-order valence-electron chi connectivity index (χ2n) is 1.76. The minimum Gasteiger partial charge on any atom is -0.384 e. The molecule has 0 bridgehead atoms. The lowest BCUT2D eigenvalue weighted by molar-refractivity contribution is 1.05.